The maximum absolute atomic E-state index is 12.5. The van der Waals surface area contributed by atoms with Crippen molar-refractivity contribution in [2.45, 2.75) is 45.7 Å². The van der Waals surface area contributed by atoms with Crippen molar-refractivity contribution in [3.8, 4) is 0 Å². The number of carbonyl (C=O) groups is 1. The molecule has 0 saturated carbocycles. The number of aryl methyl sites for hydroxylation is 2. The summed E-state index contributed by atoms with van der Waals surface area (Å²) in [5, 5.41) is 8.30. The van der Waals surface area contributed by atoms with Crippen LogP contribution in [0.2, 0.25) is 0 Å². The van der Waals surface area contributed by atoms with E-state index in [0.717, 1.165) is 25.1 Å². The molecule has 27 heavy (non-hydrogen) atoms. The number of urea groups is 1. The zero-order valence-corrected chi connectivity index (χ0v) is 16.2. The molecule has 0 radical (unpaired) electrons. The molecule has 2 aromatic heterocycles. The van der Waals surface area contributed by atoms with Gasteiger partial charge in [-0.15, -0.1) is 0 Å². The Morgan fingerprint density at radius 1 is 1.41 bits per heavy atom. The van der Waals surface area contributed by atoms with Crippen LogP contribution in [0.25, 0.3) is 10.9 Å². The number of benzene rings is 1. The minimum absolute atomic E-state index is 0.100. The van der Waals surface area contributed by atoms with Crippen LogP contribution >= 0.6 is 0 Å². The van der Waals surface area contributed by atoms with Gasteiger partial charge >= 0.3 is 6.03 Å². The van der Waals surface area contributed by atoms with Crippen molar-refractivity contribution in [2.24, 2.45) is 0 Å². The van der Waals surface area contributed by atoms with Crippen molar-refractivity contribution in [1.82, 2.24) is 19.9 Å². The minimum Gasteiger partial charge on any atom is -0.364 e. The fraction of sp³-hybridized carbons (Fsp3) is 0.429. The quantitative estimate of drug-likeness (QED) is 0.746. The molecule has 1 atom stereocenters. The van der Waals surface area contributed by atoms with E-state index in [1.54, 1.807) is 18.0 Å². The molecule has 6 nitrogen and oxygen atoms in total. The van der Waals surface area contributed by atoms with Gasteiger partial charge in [-0.3, -0.25) is 0 Å². The molecule has 1 unspecified atom stereocenters. The molecule has 1 aromatic carbocycles. The van der Waals surface area contributed by atoms with Crippen molar-refractivity contribution < 1.29 is 9.32 Å². The normalized spacial score (nSPS) is 14.3. The van der Waals surface area contributed by atoms with Crippen LogP contribution in [0.4, 0.5) is 4.79 Å². The number of amides is 2. The average Bonchev–Trinajstić information content (AvgIpc) is 3.31. The van der Waals surface area contributed by atoms with Crippen molar-refractivity contribution in [1.29, 1.82) is 0 Å². The standard InChI is InChI=1S/C21H26N4O2/c1-14-17(18-8-4-6-16-7-5-12-25(14)20(16)18)9-11-22-21(26)24(3)15(2)19-10-13-27-23-19/h4,6,8,10,13,15H,5,7,9,11-12H2,1-3H3,(H,22,26). The molecule has 2 amide bonds. The lowest BCUT2D eigenvalue weighted by molar-refractivity contribution is 0.192. The Hall–Kier alpha value is -2.76. The summed E-state index contributed by atoms with van der Waals surface area (Å²) < 4.78 is 7.32. The molecule has 142 valence electrons. The molecule has 0 bridgehead atoms. The molecule has 1 aliphatic heterocycles. The number of rotatable bonds is 5. The van der Waals surface area contributed by atoms with E-state index in [1.807, 2.05) is 6.92 Å². The monoisotopic (exact) mass is 366 g/mol. The van der Waals surface area contributed by atoms with E-state index in [0.29, 0.717) is 6.54 Å². The summed E-state index contributed by atoms with van der Waals surface area (Å²) in [6, 6.07) is 8.15. The summed E-state index contributed by atoms with van der Waals surface area (Å²) in [7, 11) is 1.78. The highest BCUT2D eigenvalue weighted by Crippen LogP contribution is 2.32. The van der Waals surface area contributed by atoms with Gasteiger partial charge in [0.15, 0.2) is 0 Å². The Bertz CT molecular complexity index is 958. The van der Waals surface area contributed by atoms with Crippen molar-refractivity contribution in [3.05, 3.63) is 53.0 Å². The van der Waals surface area contributed by atoms with Gasteiger partial charge in [0.2, 0.25) is 0 Å². The van der Waals surface area contributed by atoms with Crippen LogP contribution < -0.4 is 5.32 Å². The summed E-state index contributed by atoms with van der Waals surface area (Å²) in [5.41, 5.74) is 6.26. The first-order valence-electron chi connectivity index (χ1n) is 9.58. The van der Waals surface area contributed by atoms with Gasteiger partial charge in [0.1, 0.15) is 12.0 Å². The highest BCUT2D eigenvalue weighted by atomic mass is 16.5. The van der Waals surface area contributed by atoms with E-state index in [4.69, 9.17) is 4.52 Å². The van der Waals surface area contributed by atoms with E-state index in [-0.39, 0.29) is 12.1 Å². The minimum atomic E-state index is -0.135. The summed E-state index contributed by atoms with van der Waals surface area (Å²) in [6.45, 7) is 5.83. The second-order valence-electron chi connectivity index (χ2n) is 7.33. The predicted octanol–water partition coefficient (Wildman–Crippen LogP) is 3.83. The zero-order valence-electron chi connectivity index (χ0n) is 16.2. The molecule has 1 aliphatic rings. The molecular weight excluding hydrogens is 340 g/mol. The van der Waals surface area contributed by atoms with Gasteiger partial charge in [0, 0.05) is 37.3 Å². The van der Waals surface area contributed by atoms with Gasteiger partial charge in [0.25, 0.3) is 0 Å². The van der Waals surface area contributed by atoms with Crippen LogP contribution in [0.15, 0.2) is 35.1 Å². The largest absolute Gasteiger partial charge is 0.364 e. The molecule has 6 heteroatoms. The molecule has 3 heterocycles. The predicted molar refractivity (Wildman–Crippen MR) is 105 cm³/mol. The molecular formula is C21H26N4O2. The number of nitrogens with zero attached hydrogens (tertiary/aromatic N) is 3. The number of hydrogen-bond donors (Lipinski definition) is 1. The smallest absolute Gasteiger partial charge is 0.317 e. The topological polar surface area (TPSA) is 63.3 Å². The van der Waals surface area contributed by atoms with E-state index >= 15 is 0 Å². The summed E-state index contributed by atoms with van der Waals surface area (Å²) in [5.74, 6) is 0. The fourth-order valence-electron chi connectivity index (χ4n) is 4.13. The van der Waals surface area contributed by atoms with Crippen molar-refractivity contribution >= 4 is 16.9 Å². The number of hydrogen-bond acceptors (Lipinski definition) is 3. The third-order valence-corrected chi connectivity index (χ3v) is 5.82. The van der Waals surface area contributed by atoms with Gasteiger partial charge in [-0.1, -0.05) is 23.4 Å². The maximum atomic E-state index is 12.5. The molecule has 0 saturated heterocycles. The van der Waals surface area contributed by atoms with Crippen LogP contribution in [-0.4, -0.2) is 34.2 Å². The summed E-state index contributed by atoms with van der Waals surface area (Å²) in [6.07, 6.45) is 4.71. The number of para-hydroxylation sites is 1. The maximum Gasteiger partial charge on any atom is 0.317 e. The Labute approximate surface area is 159 Å². The lowest BCUT2D eigenvalue weighted by Crippen LogP contribution is -2.39. The van der Waals surface area contributed by atoms with Crippen LogP contribution in [0.1, 0.15) is 41.9 Å². The van der Waals surface area contributed by atoms with Gasteiger partial charge in [-0.05, 0) is 44.2 Å². The van der Waals surface area contributed by atoms with Crippen LogP contribution in [0.3, 0.4) is 0 Å². The Kier molecular flexibility index (Phi) is 4.64. The highest BCUT2D eigenvalue weighted by molar-refractivity contribution is 5.88. The molecule has 1 N–H and O–H groups in total. The summed E-state index contributed by atoms with van der Waals surface area (Å²) in [4.78, 5) is 14.1. The van der Waals surface area contributed by atoms with Crippen LogP contribution in [-0.2, 0) is 19.4 Å². The lowest BCUT2D eigenvalue weighted by atomic mass is 10.0. The molecule has 3 aromatic rings. The number of nitrogens with one attached hydrogen (secondary N) is 1. The Morgan fingerprint density at radius 3 is 3.04 bits per heavy atom. The van der Waals surface area contributed by atoms with Crippen LogP contribution in [0, 0.1) is 6.92 Å². The van der Waals surface area contributed by atoms with Gasteiger partial charge < -0.3 is 19.3 Å². The fourth-order valence-corrected chi connectivity index (χ4v) is 4.13. The molecule has 4 rings (SSSR count). The van der Waals surface area contributed by atoms with E-state index in [1.165, 1.54) is 40.4 Å². The van der Waals surface area contributed by atoms with E-state index < -0.39 is 0 Å². The van der Waals surface area contributed by atoms with Gasteiger partial charge in [0.05, 0.1) is 11.6 Å². The lowest BCUT2D eigenvalue weighted by Gasteiger charge is -2.23. The molecule has 0 spiro atoms. The Morgan fingerprint density at radius 2 is 2.26 bits per heavy atom. The number of aromatic nitrogens is 2. The first-order valence-corrected chi connectivity index (χ1v) is 9.58. The first-order chi connectivity index (χ1) is 13.1. The zero-order chi connectivity index (χ0) is 19.0. The van der Waals surface area contributed by atoms with Gasteiger partial charge in [-0.2, -0.15) is 0 Å². The van der Waals surface area contributed by atoms with Gasteiger partial charge in [-0.25, -0.2) is 4.79 Å². The average molecular weight is 366 g/mol. The highest BCUT2D eigenvalue weighted by Gasteiger charge is 2.21. The third kappa shape index (κ3) is 3.09. The van der Waals surface area contributed by atoms with E-state index in [2.05, 4.69) is 40.2 Å². The van der Waals surface area contributed by atoms with Crippen molar-refractivity contribution in [3.63, 3.8) is 0 Å². The second-order valence-corrected chi connectivity index (χ2v) is 7.33. The first kappa shape index (κ1) is 17.6. The van der Waals surface area contributed by atoms with Crippen molar-refractivity contribution in [2.75, 3.05) is 13.6 Å². The third-order valence-electron chi connectivity index (χ3n) is 5.82. The second kappa shape index (κ2) is 7.10. The number of carbonyl (C=O) groups excluding carboxylic acids is 1. The molecule has 0 aliphatic carbocycles. The van der Waals surface area contributed by atoms with Crippen LogP contribution in [0.5, 0.6) is 0 Å². The molecule has 0 fully saturated rings. The summed E-state index contributed by atoms with van der Waals surface area (Å²) >= 11 is 0. The van der Waals surface area contributed by atoms with E-state index in [9.17, 15) is 4.79 Å². The SMILES string of the molecule is Cc1c(CCNC(=O)N(C)C(C)c2ccon2)c2cccc3c2n1CCC3. The Balaban J connectivity index is 1.45.